The highest BCUT2D eigenvalue weighted by atomic mass is 19.1. The average Bonchev–Trinajstić information content (AvgIpc) is 2.93. The van der Waals surface area contributed by atoms with E-state index >= 15 is 0 Å². The molecule has 24 heavy (non-hydrogen) atoms. The summed E-state index contributed by atoms with van der Waals surface area (Å²) in [5.41, 5.74) is 1.03. The molecule has 0 saturated carbocycles. The van der Waals surface area contributed by atoms with Crippen molar-refractivity contribution in [3.05, 3.63) is 53.8 Å². The Morgan fingerprint density at radius 3 is 2.75 bits per heavy atom. The summed E-state index contributed by atoms with van der Waals surface area (Å²) in [6, 6.07) is 10.7. The van der Waals surface area contributed by atoms with Crippen LogP contribution in [-0.2, 0) is 6.54 Å². The number of benzene rings is 2. The van der Waals surface area contributed by atoms with Crippen LogP contribution in [-0.4, -0.2) is 22.8 Å². The molecular weight excluding hydrogens is 309 g/mol. The minimum absolute atomic E-state index is 0.239. The Morgan fingerprint density at radius 2 is 2.08 bits per heavy atom. The summed E-state index contributed by atoms with van der Waals surface area (Å²) in [7, 11) is 1.55. The van der Waals surface area contributed by atoms with E-state index in [0.717, 1.165) is 0 Å². The van der Waals surface area contributed by atoms with Gasteiger partial charge in [0, 0.05) is 10.9 Å². The fourth-order valence-electron chi connectivity index (χ4n) is 2.44. The van der Waals surface area contributed by atoms with E-state index in [1.54, 1.807) is 23.9 Å². The van der Waals surface area contributed by atoms with E-state index in [-0.39, 0.29) is 12.5 Å². The largest absolute Gasteiger partial charge is 0.494 e. The molecule has 2 aromatic carbocycles. The molecule has 0 aliphatic heterocycles. The Bertz CT molecular complexity index is 939. The maximum Gasteiger partial charge on any atom is 0.256 e. The number of ether oxygens (including phenoxy) is 1. The number of hydrogen-bond donors (Lipinski definition) is 1. The summed E-state index contributed by atoms with van der Waals surface area (Å²) < 4.78 is 19.9. The first-order valence-electron chi connectivity index (χ1n) is 7.18. The molecule has 6 heteroatoms. The van der Waals surface area contributed by atoms with Crippen molar-refractivity contribution in [3.8, 4) is 18.1 Å². The molecule has 0 radical (unpaired) electrons. The summed E-state index contributed by atoms with van der Waals surface area (Å²) in [4.78, 5) is 12.3. The molecule has 0 fully saturated rings. The van der Waals surface area contributed by atoms with Crippen molar-refractivity contribution in [1.82, 2.24) is 9.78 Å². The number of anilines is 1. The minimum Gasteiger partial charge on any atom is -0.494 e. The third-order valence-electron chi connectivity index (χ3n) is 3.53. The number of carbonyl (C=O) groups is 1. The molecule has 1 heterocycles. The molecule has 1 amide bonds. The van der Waals surface area contributed by atoms with E-state index in [4.69, 9.17) is 11.2 Å². The number of fused-ring (bicyclic) bond motifs is 1. The van der Waals surface area contributed by atoms with Crippen LogP contribution in [0, 0.1) is 18.2 Å². The second-order valence-electron chi connectivity index (χ2n) is 5.03. The summed E-state index contributed by atoms with van der Waals surface area (Å²) >= 11 is 0. The first-order valence-corrected chi connectivity index (χ1v) is 7.18. The van der Waals surface area contributed by atoms with E-state index < -0.39 is 5.82 Å². The lowest BCUT2D eigenvalue weighted by Crippen LogP contribution is -2.12. The zero-order chi connectivity index (χ0) is 17.1. The van der Waals surface area contributed by atoms with Gasteiger partial charge in [0.25, 0.3) is 5.91 Å². The second-order valence-corrected chi connectivity index (χ2v) is 5.03. The lowest BCUT2D eigenvalue weighted by atomic mass is 10.2. The molecule has 3 aromatic rings. The summed E-state index contributed by atoms with van der Waals surface area (Å²) in [5.74, 6) is 2.71. The number of para-hydroxylation sites is 1. The van der Waals surface area contributed by atoms with Gasteiger partial charge in [-0.2, -0.15) is 5.10 Å². The van der Waals surface area contributed by atoms with Crippen LogP contribution < -0.4 is 10.1 Å². The fourth-order valence-corrected chi connectivity index (χ4v) is 2.44. The highest BCUT2D eigenvalue weighted by molar-refractivity contribution is 6.08. The molecule has 0 atom stereocenters. The van der Waals surface area contributed by atoms with Gasteiger partial charge < -0.3 is 10.1 Å². The highest BCUT2D eigenvalue weighted by Gasteiger charge is 2.16. The maximum absolute atomic E-state index is 13.0. The van der Waals surface area contributed by atoms with Crippen LogP contribution in [0.2, 0.25) is 0 Å². The second kappa shape index (κ2) is 6.42. The number of aromatic nitrogens is 2. The van der Waals surface area contributed by atoms with E-state index in [1.165, 1.54) is 24.3 Å². The van der Waals surface area contributed by atoms with Crippen LogP contribution in [0.4, 0.5) is 10.2 Å². The van der Waals surface area contributed by atoms with E-state index in [1.807, 2.05) is 6.07 Å². The standard InChI is InChI=1S/C18H14FN3O2/c1-3-11-22-16-14(5-4-6-15(16)24-2)17(21-22)20-18(23)12-7-9-13(19)10-8-12/h1,4-10H,11H2,2H3,(H,20,21,23). The topological polar surface area (TPSA) is 56.2 Å². The Hall–Kier alpha value is -3.33. The molecule has 0 unspecified atom stereocenters. The highest BCUT2D eigenvalue weighted by Crippen LogP contribution is 2.30. The number of amides is 1. The van der Waals surface area contributed by atoms with E-state index in [9.17, 15) is 9.18 Å². The monoisotopic (exact) mass is 323 g/mol. The van der Waals surface area contributed by atoms with Crippen LogP contribution in [0.25, 0.3) is 10.9 Å². The van der Waals surface area contributed by atoms with Gasteiger partial charge in [0.2, 0.25) is 0 Å². The molecule has 0 saturated heterocycles. The molecule has 0 aliphatic carbocycles. The average molecular weight is 323 g/mol. The van der Waals surface area contributed by atoms with Crippen LogP contribution in [0.3, 0.4) is 0 Å². The van der Waals surface area contributed by atoms with Crippen molar-refractivity contribution in [1.29, 1.82) is 0 Å². The van der Waals surface area contributed by atoms with Gasteiger partial charge in [-0.3, -0.25) is 4.79 Å². The van der Waals surface area contributed by atoms with Crippen molar-refractivity contribution >= 4 is 22.6 Å². The van der Waals surface area contributed by atoms with Gasteiger partial charge >= 0.3 is 0 Å². The van der Waals surface area contributed by atoms with Gasteiger partial charge in [-0.25, -0.2) is 9.07 Å². The quantitative estimate of drug-likeness (QED) is 0.751. The Balaban J connectivity index is 2.02. The molecule has 120 valence electrons. The van der Waals surface area contributed by atoms with Crippen LogP contribution >= 0.6 is 0 Å². The number of nitrogens with zero attached hydrogens (tertiary/aromatic N) is 2. The van der Waals surface area contributed by atoms with Crippen molar-refractivity contribution in [2.24, 2.45) is 0 Å². The van der Waals surface area contributed by atoms with Crippen LogP contribution in [0.15, 0.2) is 42.5 Å². The number of terminal acetylenes is 1. The zero-order valence-electron chi connectivity index (χ0n) is 12.9. The third kappa shape index (κ3) is 2.79. The number of rotatable bonds is 4. The van der Waals surface area contributed by atoms with Crippen molar-refractivity contribution in [3.63, 3.8) is 0 Å². The summed E-state index contributed by atoms with van der Waals surface area (Å²) in [6.45, 7) is 0.239. The number of carbonyl (C=O) groups excluding carboxylic acids is 1. The summed E-state index contributed by atoms with van der Waals surface area (Å²) in [5, 5.41) is 7.80. The number of halogens is 1. The fraction of sp³-hybridized carbons (Fsp3) is 0.111. The molecule has 1 aromatic heterocycles. The SMILES string of the molecule is C#CCn1nc(NC(=O)c2ccc(F)cc2)c2cccc(OC)c21. The summed E-state index contributed by atoms with van der Waals surface area (Å²) in [6.07, 6.45) is 5.38. The lowest BCUT2D eigenvalue weighted by Gasteiger charge is -2.04. The smallest absolute Gasteiger partial charge is 0.256 e. The van der Waals surface area contributed by atoms with E-state index in [0.29, 0.717) is 28.0 Å². The molecule has 1 N–H and O–H groups in total. The zero-order valence-corrected chi connectivity index (χ0v) is 12.9. The number of methoxy groups -OCH3 is 1. The van der Waals surface area contributed by atoms with Crippen molar-refractivity contribution in [2.45, 2.75) is 6.54 Å². The number of nitrogens with one attached hydrogen (secondary N) is 1. The molecular formula is C18H14FN3O2. The predicted molar refractivity (Wildman–Crippen MR) is 89.5 cm³/mol. The van der Waals surface area contributed by atoms with Gasteiger partial charge in [0.05, 0.1) is 7.11 Å². The maximum atomic E-state index is 13.0. The minimum atomic E-state index is -0.403. The van der Waals surface area contributed by atoms with Gasteiger partial charge in [-0.15, -0.1) is 6.42 Å². The van der Waals surface area contributed by atoms with Crippen molar-refractivity contribution < 1.29 is 13.9 Å². The molecule has 5 nitrogen and oxygen atoms in total. The van der Waals surface area contributed by atoms with Gasteiger partial charge in [-0.05, 0) is 36.4 Å². The van der Waals surface area contributed by atoms with Crippen LogP contribution in [0.5, 0.6) is 5.75 Å². The molecule has 0 spiro atoms. The Labute approximate surface area is 138 Å². The molecule has 3 rings (SSSR count). The Morgan fingerprint density at radius 1 is 1.33 bits per heavy atom. The molecule has 0 bridgehead atoms. The third-order valence-corrected chi connectivity index (χ3v) is 3.53. The molecule has 0 aliphatic rings. The van der Waals surface area contributed by atoms with Gasteiger partial charge in [-0.1, -0.05) is 12.0 Å². The van der Waals surface area contributed by atoms with Gasteiger partial charge in [0.1, 0.15) is 23.6 Å². The number of hydrogen-bond acceptors (Lipinski definition) is 3. The lowest BCUT2D eigenvalue weighted by molar-refractivity contribution is 0.102. The van der Waals surface area contributed by atoms with Crippen LogP contribution in [0.1, 0.15) is 10.4 Å². The normalized spacial score (nSPS) is 10.4. The van der Waals surface area contributed by atoms with Gasteiger partial charge in [0.15, 0.2) is 5.82 Å². The van der Waals surface area contributed by atoms with E-state index in [2.05, 4.69) is 16.3 Å². The first-order chi connectivity index (χ1) is 11.6. The van der Waals surface area contributed by atoms with Crippen molar-refractivity contribution in [2.75, 3.05) is 12.4 Å². The first kappa shape index (κ1) is 15.6. The predicted octanol–water partition coefficient (Wildman–Crippen LogP) is 3.07. The Kier molecular flexibility index (Phi) is 4.17.